The summed E-state index contributed by atoms with van der Waals surface area (Å²) in [4.78, 5) is 0. The lowest BCUT2D eigenvalue weighted by Gasteiger charge is -2.16. The summed E-state index contributed by atoms with van der Waals surface area (Å²) in [5, 5.41) is 13.6. The first-order valence-corrected chi connectivity index (χ1v) is 5.70. The molecule has 2 N–H and O–H groups in total. The highest BCUT2D eigenvalue weighted by molar-refractivity contribution is 6.32. The van der Waals surface area contributed by atoms with Gasteiger partial charge in [0.15, 0.2) is 0 Å². The topological polar surface area (TPSA) is 41.5 Å². The number of methoxy groups -OCH3 is 1. The molecule has 0 bridgehead atoms. The zero-order valence-electron chi connectivity index (χ0n) is 9.88. The van der Waals surface area contributed by atoms with Crippen LogP contribution in [-0.4, -0.2) is 25.3 Å². The molecule has 3 nitrogen and oxygen atoms in total. The zero-order valence-corrected chi connectivity index (χ0v) is 10.6. The van der Waals surface area contributed by atoms with Crippen LogP contribution >= 0.6 is 11.6 Å². The van der Waals surface area contributed by atoms with Gasteiger partial charge in [-0.2, -0.15) is 0 Å². The van der Waals surface area contributed by atoms with Crippen molar-refractivity contribution in [1.82, 2.24) is 5.32 Å². The Labute approximate surface area is 101 Å². The molecule has 0 radical (unpaired) electrons. The zero-order chi connectivity index (χ0) is 12.1. The van der Waals surface area contributed by atoms with Gasteiger partial charge in [0.05, 0.1) is 18.2 Å². The van der Waals surface area contributed by atoms with Gasteiger partial charge in [-0.1, -0.05) is 18.5 Å². The maximum atomic E-state index is 9.96. The molecular weight excluding hydrogens is 226 g/mol. The van der Waals surface area contributed by atoms with Gasteiger partial charge < -0.3 is 15.2 Å². The monoisotopic (exact) mass is 243 g/mol. The average molecular weight is 244 g/mol. The Morgan fingerprint density at radius 2 is 2.19 bits per heavy atom. The highest BCUT2D eigenvalue weighted by Gasteiger charge is 2.13. The summed E-state index contributed by atoms with van der Waals surface area (Å²) in [7, 11) is 1.58. The number of nitrogens with one attached hydrogen (secondary N) is 1. The lowest BCUT2D eigenvalue weighted by molar-refractivity contribution is 0.175. The molecule has 90 valence electrons. The highest BCUT2D eigenvalue weighted by Crippen LogP contribution is 2.30. The average Bonchev–Trinajstić information content (AvgIpc) is 2.28. The van der Waals surface area contributed by atoms with Crippen LogP contribution in [0, 0.1) is 6.92 Å². The maximum absolute atomic E-state index is 9.96. The molecule has 1 aromatic rings. The van der Waals surface area contributed by atoms with E-state index < -0.39 is 6.10 Å². The Balaban J connectivity index is 2.92. The Hall–Kier alpha value is -0.770. The van der Waals surface area contributed by atoms with Gasteiger partial charge in [-0.15, -0.1) is 0 Å². The van der Waals surface area contributed by atoms with E-state index >= 15 is 0 Å². The maximum Gasteiger partial charge on any atom is 0.137 e. The third-order valence-electron chi connectivity index (χ3n) is 2.49. The minimum atomic E-state index is -0.539. The molecule has 0 spiro atoms. The Bertz CT molecular complexity index is 355. The van der Waals surface area contributed by atoms with Crippen LogP contribution in [0.2, 0.25) is 5.02 Å². The smallest absolute Gasteiger partial charge is 0.137 e. The van der Waals surface area contributed by atoms with Crippen LogP contribution in [0.4, 0.5) is 0 Å². The predicted molar refractivity (Wildman–Crippen MR) is 66.2 cm³/mol. The number of rotatable bonds is 5. The lowest BCUT2D eigenvalue weighted by atomic mass is 10.0. The molecule has 0 amide bonds. The van der Waals surface area contributed by atoms with E-state index in [0.29, 0.717) is 17.3 Å². The van der Waals surface area contributed by atoms with Crippen molar-refractivity contribution >= 4 is 11.6 Å². The highest BCUT2D eigenvalue weighted by atomic mass is 35.5. The molecule has 1 atom stereocenters. The number of hydrogen-bond donors (Lipinski definition) is 2. The summed E-state index contributed by atoms with van der Waals surface area (Å²) in [6.45, 7) is 5.30. The molecule has 0 fully saturated rings. The van der Waals surface area contributed by atoms with Crippen LogP contribution in [0.25, 0.3) is 0 Å². The van der Waals surface area contributed by atoms with Crippen molar-refractivity contribution in [2.24, 2.45) is 0 Å². The van der Waals surface area contributed by atoms with Gasteiger partial charge in [0.2, 0.25) is 0 Å². The van der Waals surface area contributed by atoms with Crippen molar-refractivity contribution in [3.05, 3.63) is 28.3 Å². The second-order valence-electron chi connectivity index (χ2n) is 3.67. The van der Waals surface area contributed by atoms with Gasteiger partial charge in [-0.05, 0) is 36.7 Å². The van der Waals surface area contributed by atoms with E-state index in [0.717, 1.165) is 17.7 Å². The third kappa shape index (κ3) is 3.11. The van der Waals surface area contributed by atoms with E-state index in [4.69, 9.17) is 16.3 Å². The number of likely N-dealkylation sites (N-methyl/N-ethyl adjacent to an activating group) is 1. The van der Waals surface area contributed by atoms with Gasteiger partial charge in [0, 0.05) is 6.54 Å². The summed E-state index contributed by atoms with van der Waals surface area (Å²) < 4.78 is 5.11. The van der Waals surface area contributed by atoms with Crippen LogP contribution in [-0.2, 0) is 0 Å². The van der Waals surface area contributed by atoms with Crippen LogP contribution in [0.15, 0.2) is 12.1 Å². The number of benzene rings is 1. The van der Waals surface area contributed by atoms with E-state index in [-0.39, 0.29) is 0 Å². The van der Waals surface area contributed by atoms with Crippen molar-refractivity contribution in [1.29, 1.82) is 0 Å². The molecule has 1 aromatic carbocycles. The first kappa shape index (κ1) is 13.3. The van der Waals surface area contributed by atoms with Gasteiger partial charge in [-0.3, -0.25) is 0 Å². The Morgan fingerprint density at radius 3 is 2.75 bits per heavy atom. The van der Waals surface area contributed by atoms with E-state index in [1.54, 1.807) is 13.2 Å². The standard InChI is InChI=1S/C12H18ClNO2/c1-4-14-7-11(15)9-6-10(13)12(16-3)5-8(9)2/h5-6,11,14-15H,4,7H2,1-3H3. The molecular formula is C12H18ClNO2. The molecule has 0 aliphatic rings. The minimum Gasteiger partial charge on any atom is -0.495 e. The van der Waals surface area contributed by atoms with E-state index in [9.17, 15) is 5.11 Å². The van der Waals surface area contributed by atoms with E-state index in [1.807, 2.05) is 19.9 Å². The second-order valence-corrected chi connectivity index (χ2v) is 4.07. The Kier molecular flexibility index (Phi) is 5.06. The van der Waals surface area contributed by atoms with Crippen LogP contribution in [0.3, 0.4) is 0 Å². The van der Waals surface area contributed by atoms with Crippen molar-refractivity contribution in [2.45, 2.75) is 20.0 Å². The van der Waals surface area contributed by atoms with Crippen molar-refractivity contribution in [2.75, 3.05) is 20.2 Å². The fourth-order valence-electron chi connectivity index (χ4n) is 1.58. The summed E-state index contributed by atoms with van der Waals surface area (Å²) in [5.74, 6) is 0.638. The molecule has 0 aliphatic heterocycles. The predicted octanol–water partition coefficient (Wildman–Crippen LogP) is 2.30. The van der Waals surface area contributed by atoms with Gasteiger partial charge >= 0.3 is 0 Å². The molecule has 0 aliphatic carbocycles. The normalized spacial score (nSPS) is 12.6. The van der Waals surface area contributed by atoms with Gasteiger partial charge in [0.1, 0.15) is 5.75 Å². The molecule has 0 saturated carbocycles. The minimum absolute atomic E-state index is 0.527. The number of ether oxygens (including phenoxy) is 1. The van der Waals surface area contributed by atoms with E-state index in [1.165, 1.54) is 0 Å². The van der Waals surface area contributed by atoms with Gasteiger partial charge in [0.25, 0.3) is 0 Å². The summed E-state index contributed by atoms with van der Waals surface area (Å²) in [6, 6.07) is 3.60. The van der Waals surface area contributed by atoms with Crippen molar-refractivity contribution in [3.8, 4) is 5.75 Å². The first-order chi connectivity index (χ1) is 7.60. The molecule has 0 saturated heterocycles. The largest absolute Gasteiger partial charge is 0.495 e. The number of hydrogen-bond acceptors (Lipinski definition) is 3. The molecule has 1 rings (SSSR count). The van der Waals surface area contributed by atoms with Crippen LogP contribution < -0.4 is 10.1 Å². The molecule has 0 aromatic heterocycles. The number of aliphatic hydroxyl groups is 1. The molecule has 0 heterocycles. The van der Waals surface area contributed by atoms with Crippen LogP contribution in [0.1, 0.15) is 24.2 Å². The van der Waals surface area contributed by atoms with Crippen molar-refractivity contribution < 1.29 is 9.84 Å². The van der Waals surface area contributed by atoms with Crippen molar-refractivity contribution in [3.63, 3.8) is 0 Å². The molecule has 1 unspecified atom stereocenters. The second kappa shape index (κ2) is 6.09. The molecule has 16 heavy (non-hydrogen) atoms. The third-order valence-corrected chi connectivity index (χ3v) is 2.78. The van der Waals surface area contributed by atoms with E-state index in [2.05, 4.69) is 5.32 Å². The number of aryl methyl sites for hydroxylation is 1. The van der Waals surface area contributed by atoms with Gasteiger partial charge in [-0.25, -0.2) is 0 Å². The quantitative estimate of drug-likeness (QED) is 0.834. The fraction of sp³-hybridized carbons (Fsp3) is 0.500. The summed E-state index contributed by atoms with van der Waals surface area (Å²) >= 11 is 6.02. The number of aliphatic hydroxyl groups excluding tert-OH is 1. The summed E-state index contributed by atoms with van der Waals surface area (Å²) in [6.07, 6.45) is -0.539. The SMILES string of the molecule is CCNCC(O)c1cc(Cl)c(OC)cc1C. The Morgan fingerprint density at radius 1 is 1.50 bits per heavy atom. The summed E-state index contributed by atoms with van der Waals surface area (Å²) in [5.41, 5.74) is 1.82. The number of halogens is 1. The van der Waals surface area contributed by atoms with Crippen LogP contribution in [0.5, 0.6) is 5.75 Å². The molecule has 4 heteroatoms. The fourth-order valence-corrected chi connectivity index (χ4v) is 1.83. The lowest BCUT2D eigenvalue weighted by Crippen LogP contribution is -2.21. The first-order valence-electron chi connectivity index (χ1n) is 5.33.